The van der Waals surface area contributed by atoms with Crippen molar-refractivity contribution in [2.75, 3.05) is 12.4 Å². The number of hydrogen-bond acceptors (Lipinski definition) is 3. The van der Waals surface area contributed by atoms with Crippen LogP contribution in [0.4, 0.5) is 5.69 Å². The van der Waals surface area contributed by atoms with E-state index in [1.165, 1.54) is 10.7 Å². The standard InChI is InChI=1S/C12H11Cl2N3O/c1-15-8-5-12(18)17(16-6-8)7-9-10(13)3-2-4-11(9)14/h2-6,15H,7H2,1H3. The average Bonchev–Trinajstić information content (AvgIpc) is 2.35. The normalized spacial score (nSPS) is 10.4. The smallest absolute Gasteiger partial charge is 0.269 e. The highest BCUT2D eigenvalue weighted by Crippen LogP contribution is 2.24. The molecule has 0 saturated heterocycles. The second-order valence-electron chi connectivity index (χ2n) is 3.69. The zero-order valence-corrected chi connectivity index (χ0v) is 11.2. The van der Waals surface area contributed by atoms with Crippen molar-refractivity contribution in [2.45, 2.75) is 6.54 Å². The Morgan fingerprint density at radius 1 is 1.33 bits per heavy atom. The first-order chi connectivity index (χ1) is 8.61. The van der Waals surface area contributed by atoms with Crippen LogP contribution >= 0.6 is 23.2 Å². The Morgan fingerprint density at radius 3 is 2.56 bits per heavy atom. The molecule has 0 unspecified atom stereocenters. The molecule has 0 fully saturated rings. The predicted molar refractivity (Wildman–Crippen MR) is 73.6 cm³/mol. The summed E-state index contributed by atoms with van der Waals surface area (Å²) >= 11 is 12.1. The molecule has 0 saturated carbocycles. The van der Waals surface area contributed by atoms with E-state index in [0.29, 0.717) is 21.3 Å². The minimum absolute atomic E-state index is 0.210. The van der Waals surface area contributed by atoms with Gasteiger partial charge in [-0.3, -0.25) is 4.79 Å². The van der Waals surface area contributed by atoms with E-state index in [9.17, 15) is 4.79 Å². The molecule has 1 heterocycles. The Labute approximate surface area is 114 Å². The number of aromatic nitrogens is 2. The summed E-state index contributed by atoms with van der Waals surface area (Å²) < 4.78 is 1.31. The molecule has 1 aromatic heterocycles. The first-order valence-corrected chi connectivity index (χ1v) is 6.05. The summed E-state index contributed by atoms with van der Waals surface area (Å²) in [4.78, 5) is 11.8. The lowest BCUT2D eigenvalue weighted by Gasteiger charge is -2.09. The number of hydrogen-bond donors (Lipinski definition) is 1. The van der Waals surface area contributed by atoms with Crippen molar-refractivity contribution in [3.63, 3.8) is 0 Å². The van der Waals surface area contributed by atoms with Crippen LogP contribution in [0.2, 0.25) is 10.0 Å². The second kappa shape index (κ2) is 5.42. The highest BCUT2D eigenvalue weighted by molar-refractivity contribution is 6.35. The lowest BCUT2D eigenvalue weighted by Crippen LogP contribution is -2.23. The van der Waals surface area contributed by atoms with Gasteiger partial charge in [0.1, 0.15) is 0 Å². The third kappa shape index (κ3) is 2.66. The molecule has 6 heteroatoms. The predicted octanol–water partition coefficient (Wildman–Crippen LogP) is 2.64. The number of anilines is 1. The number of rotatable bonds is 3. The summed E-state index contributed by atoms with van der Waals surface area (Å²) in [6.45, 7) is 0.251. The first kappa shape index (κ1) is 12.9. The van der Waals surface area contributed by atoms with Crippen molar-refractivity contribution in [1.82, 2.24) is 9.78 Å². The van der Waals surface area contributed by atoms with E-state index >= 15 is 0 Å². The lowest BCUT2D eigenvalue weighted by molar-refractivity contribution is 0.640. The van der Waals surface area contributed by atoms with E-state index in [1.807, 2.05) is 0 Å². The number of nitrogens with zero attached hydrogens (tertiary/aromatic N) is 2. The average molecular weight is 284 g/mol. The molecular weight excluding hydrogens is 273 g/mol. The Kier molecular flexibility index (Phi) is 3.89. The largest absolute Gasteiger partial charge is 0.387 e. The molecular formula is C12H11Cl2N3O. The second-order valence-corrected chi connectivity index (χ2v) is 4.50. The van der Waals surface area contributed by atoms with Gasteiger partial charge in [0.05, 0.1) is 18.4 Å². The molecule has 0 aliphatic heterocycles. The maximum Gasteiger partial charge on any atom is 0.269 e. The zero-order chi connectivity index (χ0) is 13.1. The Bertz CT molecular complexity index is 605. The van der Waals surface area contributed by atoms with Gasteiger partial charge in [-0.15, -0.1) is 0 Å². The van der Waals surface area contributed by atoms with Crippen LogP contribution in [0.15, 0.2) is 35.3 Å². The number of nitrogens with one attached hydrogen (secondary N) is 1. The maximum absolute atomic E-state index is 11.8. The number of benzene rings is 1. The molecule has 18 heavy (non-hydrogen) atoms. The molecule has 0 radical (unpaired) electrons. The van der Waals surface area contributed by atoms with Crippen LogP contribution in [0.1, 0.15) is 5.56 Å². The maximum atomic E-state index is 11.8. The third-order valence-electron chi connectivity index (χ3n) is 2.53. The van der Waals surface area contributed by atoms with Gasteiger partial charge in [0, 0.05) is 28.7 Å². The minimum Gasteiger partial charge on any atom is -0.387 e. The van der Waals surface area contributed by atoms with E-state index in [-0.39, 0.29) is 12.1 Å². The van der Waals surface area contributed by atoms with E-state index in [4.69, 9.17) is 23.2 Å². The van der Waals surface area contributed by atoms with E-state index in [1.54, 1.807) is 31.4 Å². The molecule has 94 valence electrons. The van der Waals surface area contributed by atoms with Crippen molar-refractivity contribution in [3.8, 4) is 0 Å². The van der Waals surface area contributed by atoms with Crippen LogP contribution in [-0.4, -0.2) is 16.8 Å². The fraction of sp³-hybridized carbons (Fsp3) is 0.167. The Hall–Kier alpha value is -1.52. The van der Waals surface area contributed by atoms with Gasteiger partial charge in [-0.25, -0.2) is 4.68 Å². The van der Waals surface area contributed by atoms with Crippen LogP contribution in [0, 0.1) is 0 Å². The van der Waals surface area contributed by atoms with Crippen LogP contribution in [0.5, 0.6) is 0 Å². The van der Waals surface area contributed by atoms with Crippen LogP contribution in [-0.2, 0) is 6.54 Å². The first-order valence-electron chi connectivity index (χ1n) is 5.29. The van der Waals surface area contributed by atoms with Crippen LogP contribution in [0.25, 0.3) is 0 Å². The van der Waals surface area contributed by atoms with Crippen molar-refractivity contribution in [1.29, 1.82) is 0 Å². The van der Waals surface area contributed by atoms with E-state index in [2.05, 4.69) is 10.4 Å². The van der Waals surface area contributed by atoms with Gasteiger partial charge < -0.3 is 5.32 Å². The van der Waals surface area contributed by atoms with Crippen molar-refractivity contribution in [2.24, 2.45) is 0 Å². The molecule has 0 aliphatic rings. The van der Waals surface area contributed by atoms with Gasteiger partial charge in [0.25, 0.3) is 5.56 Å². The Morgan fingerprint density at radius 2 is 2.00 bits per heavy atom. The summed E-state index contributed by atoms with van der Waals surface area (Å²) in [5.41, 5.74) is 1.15. The quantitative estimate of drug-likeness (QED) is 0.942. The van der Waals surface area contributed by atoms with Crippen molar-refractivity contribution < 1.29 is 0 Å². The van der Waals surface area contributed by atoms with Gasteiger partial charge >= 0.3 is 0 Å². The molecule has 0 aliphatic carbocycles. The number of halogens is 2. The fourth-order valence-corrected chi connectivity index (χ4v) is 2.04. The topological polar surface area (TPSA) is 46.9 Å². The summed E-state index contributed by atoms with van der Waals surface area (Å²) in [5, 5.41) is 7.95. The summed E-state index contributed by atoms with van der Waals surface area (Å²) in [7, 11) is 1.73. The van der Waals surface area contributed by atoms with Gasteiger partial charge in [-0.1, -0.05) is 29.3 Å². The molecule has 2 rings (SSSR count). The van der Waals surface area contributed by atoms with Crippen molar-refractivity contribution >= 4 is 28.9 Å². The van der Waals surface area contributed by atoms with Gasteiger partial charge in [-0.05, 0) is 12.1 Å². The summed E-state index contributed by atoms with van der Waals surface area (Å²) in [6, 6.07) is 6.69. The summed E-state index contributed by atoms with van der Waals surface area (Å²) in [6.07, 6.45) is 1.58. The Balaban J connectivity index is 2.38. The summed E-state index contributed by atoms with van der Waals surface area (Å²) in [5.74, 6) is 0. The molecule has 1 aromatic carbocycles. The fourth-order valence-electron chi connectivity index (χ4n) is 1.52. The molecule has 4 nitrogen and oxygen atoms in total. The molecule has 0 spiro atoms. The molecule has 2 aromatic rings. The monoisotopic (exact) mass is 283 g/mol. The van der Waals surface area contributed by atoms with E-state index < -0.39 is 0 Å². The van der Waals surface area contributed by atoms with E-state index in [0.717, 1.165) is 0 Å². The molecule has 0 bridgehead atoms. The zero-order valence-electron chi connectivity index (χ0n) is 9.65. The molecule has 1 N–H and O–H groups in total. The van der Waals surface area contributed by atoms with Crippen LogP contribution < -0.4 is 10.9 Å². The van der Waals surface area contributed by atoms with Crippen molar-refractivity contribution in [3.05, 3.63) is 56.4 Å². The highest BCUT2D eigenvalue weighted by atomic mass is 35.5. The van der Waals surface area contributed by atoms with Gasteiger partial charge in [0.2, 0.25) is 0 Å². The SMILES string of the molecule is CNc1cnn(Cc2c(Cl)cccc2Cl)c(=O)c1. The minimum atomic E-state index is -0.210. The van der Waals surface area contributed by atoms with Gasteiger partial charge in [0.15, 0.2) is 0 Å². The molecule has 0 atom stereocenters. The molecule has 0 amide bonds. The lowest BCUT2D eigenvalue weighted by atomic mass is 10.2. The van der Waals surface area contributed by atoms with Gasteiger partial charge in [-0.2, -0.15) is 5.10 Å². The van der Waals surface area contributed by atoms with Crippen LogP contribution in [0.3, 0.4) is 0 Å². The highest BCUT2D eigenvalue weighted by Gasteiger charge is 2.08. The third-order valence-corrected chi connectivity index (χ3v) is 3.24.